The van der Waals surface area contributed by atoms with E-state index in [-0.39, 0.29) is 0 Å². The first-order valence-corrected chi connectivity index (χ1v) is 5.14. The summed E-state index contributed by atoms with van der Waals surface area (Å²) in [6, 6.07) is 5.28. The number of fused-ring (bicyclic) bond motifs is 1. The van der Waals surface area contributed by atoms with Gasteiger partial charge in [0.05, 0.1) is 0 Å². The molecular formula is C10H8BrNO3. The molecule has 15 heavy (non-hydrogen) atoms. The molecule has 1 aliphatic rings. The highest BCUT2D eigenvalue weighted by Gasteiger charge is 2.37. The van der Waals surface area contributed by atoms with Crippen LogP contribution in [0.1, 0.15) is 11.1 Å². The zero-order valence-electron chi connectivity index (χ0n) is 7.68. The molecule has 5 heteroatoms. The monoisotopic (exact) mass is 269 g/mol. The molecule has 0 aromatic heterocycles. The van der Waals surface area contributed by atoms with Crippen molar-refractivity contribution in [3.8, 4) is 0 Å². The second-order valence-corrected chi connectivity index (χ2v) is 4.40. The third-order valence-electron chi connectivity index (χ3n) is 2.39. The molecule has 0 bridgehead atoms. The predicted molar refractivity (Wildman–Crippen MR) is 58.9 cm³/mol. The molecule has 1 atom stereocenters. The molecule has 1 N–H and O–H groups in total. The lowest BCUT2D eigenvalue weighted by Crippen LogP contribution is -2.30. The van der Waals surface area contributed by atoms with Gasteiger partial charge in [-0.3, -0.25) is 10.1 Å². The summed E-state index contributed by atoms with van der Waals surface area (Å²) < 4.78 is 0.885. The second-order valence-electron chi connectivity index (χ2n) is 3.48. The van der Waals surface area contributed by atoms with E-state index in [1.54, 1.807) is 18.2 Å². The number of rotatable bonds is 2. The maximum atomic E-state index is 10.4. The van der Waals surface area contributed by atoms with Gasteiger partial charge >= 0.3 is 0 Å². The molecule has 0 aliphatic heterocycles. The lowest BCUT2D eigenvalue weighted by Gasteiger charge is -2.17. The first-order valence-electron chi connectivity index (χ1n) is 4.35. The van der Waals surface area contributed by atoms with Crippen molar-refractivity contribution in [2.75, 3.05) is 6.54 Å². The largest absolute Gasteiger partial charge is 0.374 e. The molecule has 1 unspecified atom stereocenters. The first-order chi connectivity index (χ1) is 7.01. The van der Waals surface area contributed by atoms with E-state index >= 15 is 0 Å². The summed E-state index contributed by atoms with van der Waals surface area (Å²) in [4.78, 5) is 9.93. The summed E-state index contributed by atoms with van der Waals surface area (Å²) in [5.41, 5.74) is -0.0596. The van der Waals surface area contributed by atoms with Crippen LogP contribution in [0.2, 0.25) is 0 Å². The molecule has 0 saturated carbocycles. The summed E-state index contributed by atoms with van der Waals surface area (Å²) in [6.07, 6.45) is 3.16. The van der Waals surface area contributed by atoms with Crippen molar-refractivity contribution >= 4 is 22.0 Å². The fourth-order valence-electron chi connectivity index (χ4n) is 1.72. The molecule has 0 spiro atoms. The molecular weight excluding hydrogens is 262 g/mol. The maximum absolute atomic E-state index is 10.4. The molecule has 4 nitrogen and oxygen atoms in total. The number of hydrogen-bond acceptors (Lipinski definition) is 3. The van der Waals surface area contributed by atoms with Crippen LogP contribution in [-0.4, -0.2) is 16.6 Å². The Bertz CT molecular complexity index is 458. The summed E-state index contributed by atoms with van der Waals surface area (Å²) in [6.45, 7) is -0.502. The van der Waals surface area contributed by atoms with Gasteiger partial charge in [0.1, 0.15) is 0 Å². The summed E-state index contributed by atoms with van der Waals surface area (Å²) in [5, 5.41) is 20.5. The molecule has 0 fully saturated rings. The van der Waals surface area contributed by atoms with Crippen molar-refractivity contribution < 1.29 is 10.0 Å². The van der Waals surface area contributed by atoms with Gasteiger partial charge in [-0.1, -0.05) is 28.1 Å². The summed E-state index contributed by atoms with van der Waals surface area (Å²) >= 11 is 3.30. The Labute approximate surface area is 94.5 Å². The Morgan fingerprint density at radius 3 is 2.93 bits per heavy atom. The Hall–Kier alpha value is -1.20. The number of hydrogen-bond donors (Lipinski definition) is 1. The number of nitro groups is 1. The van der Waals surface area contributed by atoms with Gasteiger partial charge in [-0.05, 0) is 23.8 Å². The van der Waals surface area contributed by atoms with E-state index in [4.69, 9.17) is 0 Å². The topological polar surface area (TPSA) is 63.4 Å². The highest BCUT2D eigenvalue weighted by Crippen LogP contribution is 2.35. The molecule has 78 valence electrons. The van der Waals surface area contributed by atoms with E-state index < -0.39 is 17.1 Å². The molecule has 1 aromatic rings. The van der Waals surface area contributed by atoms with Crippen LogP contribution < -0.4 is 0 Å². The molecule has 1 aliphatic carbocycles. The molecule has 0 saturated heterocycles. The van der Waals surface area contributed by atoms with Gasteiger partial charge in [0.25, 0.3) is 0 Å². The molecule has 0 heterocycles. The maximum Gasteiger partial charge on any atom is 0.240 e. The van der Waals surface area contributed by atoms with Crippen molar-refractivity contribution in [3.63, 3.8) is 0 Å². The fourth-order valence-corrected chi connectivity index (χ4v) is 2.10. The third kappa shape index (κ3) is 1.80. The highest BCUT2D eigenvalue weighted by molar-refractivity contribution is 9.10. The van der Waals surface area contributed by atoms with Crippen LogP contribution in [0.25, 0.3) is 6.08 Å². The normalized spacial score (nSPS) is 22.8. The molecule has 0 amide bonds. The average Bonchev–Trinajstić information content (AvgIpc) is 2.42. The zero-order chi connectivity index (χ0) is 11.1. The second kappa shape index (κ2) is 3.43. The zero-order valence-corrected chi connectivity index (χ0v) is 9.27. The number of nitrogens with zero attached hydrogens (tertiary/aromatic N) is 1. The molecule has 2 rings (SSSR count). The average molecular weight is 270 g/mol. The molecule has 0 radical (unpaired) electrons. The smallest absolute Gasteiger partial charge is 0.240 e. The van der Waals surface area contributed by atoms with Crippen LogP contribution in [0.5, 0.6) is 0 Å². The van der Waals surface area contributed by atoms with Crippen LogP contribution in [0.3, 0.4) is 0 Å². The number of aliphatic hydroxyl groups is 1. The minimum atomic E-state index is -1.46. The van der Waals surface area contributed by atoms with E-state index in [0.717, 1.165) is 10.0 Å². The molecule has 1 aromatic carbocycles. The van der Waals surface area contributed by atoms with Crippen LogP contribution in [0.4, 0.5) is 0 Å². The third-order valence-corrected chi connectivity index (χ3v) is 2.88. The van der Waals surface area contributed by atoms with Crippen LogP contribution in [0, 0.1) is 10.1 Å². The van der Waals surface area contributed by atoms with Gasteiger partial charge in [-0.2, -0.15) is 0 Å². The van der Waals surface area contributed by atoms with E-state index in [0.29, 0.717) is 5.56 Å². The van der Waals surface area contributed by atoms with Gasteiger partial charge in [-0.25, -0.2) is 0 Å². The SMILES string of the molecule is O=[N+]([O-])CC1(O)C=Cc2cc(Br)ccc21. The number of halogens is 1. The van der Waals surface area contributed by atoms with E-state index in [1.807, 2.05) is 6.07 Å². The Morgan fingerprint density at radius 1 is 1.53 bits per heavy atom. The lowest BCUT2D eigenvalue weighted by atomic mass is 9.96. The van der Waals surface area contributed by atoms with Crippen molar-refractivity contribution in [2.45, 2.75) is 5.60 Å². The summed E-state index contributed by atoms with van der Waals surface area (Å²) in [7, 11) is 0. The Balaban J connectivity index is 2.44. The Kier molecular flexibility index (Phi) is 2.36. The standard InChI is InChI=1S/C10H8BrNO3/c11-8-1-2-9-7(5-8)3-4-10(9,13)6-12(14)15/h1-5,13H,6H2. The van der Waals surface area contributed by atoms with Crippen LogP contribution >= 0.6 is 15.9 Å². The van der Waals surface area contributed by atoms with Crippen molar-refractivity contribution in [1.82, 2.24) is 0 Å². The van der Waals surface area contributed by atoms with Gasteiger partial charge in [0, 0.05) is 15.0 Å². The van der Waals surface area contributed by atoms with E-state index in [9.17, 15) is 15.2 Å². The number of benzene rings is 1. The minimum absolute atomic E-state index is 0.502. The van der Waals surface area contributed by atoms with Gasteiger partial charge in [0.15, 0.2) is 5.60 Å². The summed E-state index contributed by atoms with van der Waals surface area (Å²) in [5.74, 6) is 0. The van der Waals surface area contributed by atoms with Gasteiger partial charge in [-0.15, -0.1) is 0 Å². The lowest BCUT2D eigenvalue weighted by molar-refractivity contribution is -0.498. The van der Waals surface area contributed by atoms with Crippen molar-refractivity contribution in [2.24, 2.45) is 0 Å². The predicted octanol–water partition coefficient (Wildman–Crippen LogP) is 1.94. The van der Waals surface area contributed by atoms with Crippen molar-refractivity contribution in [1.29, 1.82) is 0 Å². The first kappa shape index (κ1) is 10.3. The van der Waals surface area contributed by atoms with E-state index in [2.05, 4.69) is 15.9 Å². The fraction of sp³-hybridized carbons (Fsp3) is 0.200. The van der Waals surface area contributed by atoms with Gasteiger partial charge < -0.3 is 5.11 Å². The quantitative estimate of drug-likeness (QED) is 0.659. The van der Waals surface area contributed by atoms with E-state index in [1.165, 1.54) is 6.08 Å². The van der Waals surface area contributed by atoms with Crippen LogP contribution in [0.15, 0.2) is 28.7 Å². The highest BCUT2D eigenvalue weighted by atomic mass is 79.9. The Morgan fingerprint density at radius 2 is 2.27 bits per heavy atom. The van der Waals surface area contributed by atoms with Gasteiger partial charge in [0.2, 0.25) is 6.54 Å². The van der Waals surface area contributed by atoms with Crippen molar-refractivity contribution in [3.05, 3.63) is 50.0 Å². The minimum Gasteiger partial charge on any atom is -0.374 e. The van der Waals surface area contributed by atoms with Crippen LogP contribution in [-0.2, 0) is 5.60 Å².